The van der Waals surface area contributed by atoms with Crippen LogP contribution in [0, 0.1) is 3.57 Å². The zero-order valence-electron chi connectivity index (χ0n) is 27.6. The first-order valence-corrected chi connectivity index (χ1v) is 17.8. The second-order valence-corrected chi connectivity index (χ2v) is 15.7. The number of nitrogens with one attached hydrogen (secondary N) is 4. The SMILES string of the molecule is CC(C)(C)OC(=O)[C@H](CCCCNc1cccc(I)c1)NC(=O)N[C@@H](CCC(=O)Nc1ccc(S(N)(=O)=O)cc1)C(=O)OC(C)(C)C. The number of sulfonamides is 1. The number of nitrogens with two attached hydrogens (primary N) is 1. The predicted octanol–water partition coefficient (Wildman–Crippen LogP) is 4.66. The lowest BCUT2D eigenvalue weighted by Crippen LogP contribution is -2.53. The van der Waals surface area contributed by atoms with Crippen molar-refractivity contribution in [1.29, 1.82) is 0 Å². The molecule has 0 spiro atoms. The number of carbonyl (C=O) groups is 4. The zero-order valence-corrected chi connectivity index (χ0v) is 30.6. The quantitative estimate of drug-likeness (QED) is 0.0970. The van der Waals surface area contributed by atoms with Gasteiger partial charge in [0, 0.05) is 27.9 Å². The van der Waals surface area contributed by atoms with Crippen molar-refractivity contribution >= 4 is 67.9 Å². The highest BCUT2D eigenvalue weighted by Crippen LogP contribution is 2.17. The average Bonchev–Trinajstić information content (AvgIpc) is 2.92. The van der Waals surface area contributed by atoms with Crippen molar-refractivity contribution in [3.8, 4) is 0 Å². The molecule has 260 valence electrons. The summed E-state index contributed by atoms with van der Waals surface area (Å²) in [6.07, 6.45) is 1.29. The van der Waals surface area contributed by atoms with E-state index < -0.39 is 57.2 Å². The summed E-state index contributed by atoms with van der Waals surface area (Å²) in [5, 5.41) is 16.2. The van der Waals surface area contributed by atoms with Gasteiger partial charge in [0.05, 0.1) is 4.90 Å². The number of carbonyl (C=O) groups excluding carboxylic acids is 4. The Kier molecular flexibility index (Phi) is 14.9. The number of rotatable bonds is 15. The Labute approximate surface area is 290 Å². The number of amides is 3. The number of urea groups is 1. The molecule has 0 aromatic heterocycles. The molecule has 0 saturated carbocycles. The van der Waals surface area contributed by atoms with Gasteiger partial charge in [-0.15, -0.1) is 0 Å². The molecule has 2 atom stereocenters. The van der Waals surface area contributed by atoms with Gasteiger partial charge in [0.15, 0.2) is 0 Å². The molecule has 0 unspecified atom stereocenters. The molecule has 0 heterocycles. The third kappa shape index (κ3) is 16.3. The first-order valence-electron chi connectivity index (χ1n) is 15.2. The van der Waals surface area contributed by atoms with E-state index in [4.69, 9.17) is 14.6 Å². The van der Waals surface area contributed by atoms with Gasteiger partial charge in [0.25, 0.3) is 0 Å². The Morgan fingerprint density at radius 1 is 0.809 bits per heavy atom. The fourth-order valence-electron chi connectivity index (χ4n) is 4.13. The van der Waals surface area contributed by atoms with Gasteiger partial charge in [-0.2, -0.15) is 0 Å². The van der Waals surface area contributed by atoms with E-state index >= 15 is 0 Å². The summed E-state index contributed by atoms with van der Waals surface area (Å²) in [7, 11) is -3.89. The van der Waals surface area contributed by atoms with Crippen LogP contribution in [0.5, 0.6) is 0 Å². The minimum Gasteiger partial charge on any atom is -0.458 e. The Hall–Kier alpha value is -3.44. The van der Waals surface area contributed by atoms with Crippen LogP contribution in [0.4, 0.5) is 16.2 Å². The number of unbranched alkanes of at least 4 members (excludes halogenated alkanes) is 1. The zero-order chi connectivity index (χ0) is 35.4. The standard InChI is InChI=1S/C32H46IN5O8S/c1-31(2,3)45-28(40)25(12-7-8-19-35-23-11-9-10-21(33)20-23)37-30(42)38-26(29(41)46-32(4,5)6)17-18-27(39)36-22-13-15-24(16-14-22)47(34,43)44/h9-11,13-16,20,25-26,35H,7-8,12,17-19H2,1-6H3,(H,36,39)(H2,34,43,44)(H2,37,38,42)/t25-,26-/m0/s1. The molecular formula is C32H46IN5O8S. The van der Waals surface area contributed by atoms with Crippen LogP contribution in [0.15, 0.2) is 53.4 Å². The molecule has 0 aliphatic rings. The normalized spacial score (nSPS) is 13.1. The van der Waals surface area contributed by atoms with E-state index in [1.54, 1.807) is 41.5 Å². The molecule has 6 N–H and O–H groups in total. The van der Waals surface area contributed by atoms with E-state index in [0.717, 1.165) is 9.26 Å². The lowest BCUT2D eigenvalue weighted by atomic mass is 10.1. The summed E-state index contributed by atoms with van der Waals surface area (Å²) in [6, 6.07) is 10.2. The van der Waals surface area contributed by atoms with Crippen LogP contribution in [0.25, 0.3) is 0 Å². The maximum absolute atomic E-state index is 13.1. The lowest BCUT2D eigenvalue weighted by Gasteiger charge is -2.27. The summed E-state index contributed by atoms with van der Waals surface area (Å²) in [6.45, 7) is 10.9. The van der Waals surface area contributed by atoms with Crippen LogP contribution in [0.3, 0.4) is 0 Å². The highest BCUT2D eigenvalue weighted by molar-refractivity contribution is 14.1. The number of primary sulfonamides is 1. The molecule has 0 aliphatic carbocycles. The monoisotopic (exact) mass is 787 g/mol. The van der Waals surface area contributed by atoms with Crippen molar-refractivity contribution in [2.75, 3.05) is 17.2 Å². The van der Waals surface area contributed by atoms with Gasteiger partial charge in [-0.1, -0.05) is 6.07 Å². The van der Waals surface area contributed by atoms with Crippen LogP contribution in [-0.2, 0) is 33.9 Å². The van der Waals surface area contributed by atoms with Crippen molar-refractivity contribution in [3.05, 3.63) is 52.1 Å². The summed E-state index contributed by atoms with van der Waals surface area (Å²) in [5.41, 5.74) is -0.354. The fraction of sp³-hybridized carbons (Fsp3) is 0.500. The van der Waals surface area contributed by atoms with E-state index in [1.165, 1.54) is 24.3 Å². The van der Waals surface area contributed by atoms with Crippen molar-refractivity contribution in [2.45, 2.75) is 102 Å². The van der Waals surface area contributed by atoms with Gasteiger partial charge in [-0.05, 0) is 132 Å². The van der Waals surface area contributed by atoms with Gasteiger partial charge >= 0.3 is 18.0 Å². The molecule has 0 bridgehead atoms. The van der Waals surface area contributed by atoms with Gasteiger partial charge < -0.3 is 30.7 Å². The number of esters is 2. The van der Waals surface area contributed by atoms with E-state index in [-0.39, 0.29) is 17.7 Å². The first-order chi connectivity index (χ1) is 21.7. The Bertz CT molecular complexity index is 1490. The number of halogens is 1. The van der Waals surface area contributed by atoms with Crippen LogP contribution < -0.4 is 26.4 Å². The second-order valence-electron chi connectivity index (χ2n) is 12.9. The van der Waals surface area contributed by atoms with Crippen molar-refractivity contribution < 1.29 is 37.1 Å². The van der Waals surface area contributed by atoms with Gasteiger partial charge in [0.2, 0.25) is 15.9 Å². The number of hydrogen-bond acceptors (Lipinski definition) is 9. The largest absolute Gasteiger partial charge is 0.458 e. The van der Waals surface area contributed by atoms with Gasteiger partial charge in [-0.3, -0.25) is 4.79 Å². The van der Waals surface area contributed by atoms with E-state index in [2.05, 4.69) is 43.9 Å². The Morgan fingerprint density at radius 2 is 1.36 bits per heavy atom. The second kappa shape index (κ2) is 17.6. The van der Waals surface area contributed by atoms with E-state index in [1.807, 2.05) is 24.3 Å². The van der Waals surface area contributed by atoms with Crippen LogP contribution in [0.2, 0.25) is 0 Å². The maximum atomic E-state index is 13.1. The van der Waals surface area contributed by atoms with Crippen molar-refractivity contribution in [1.82, 2.24) is 10.6 Å². The van der Waals surface area contributed by atoms with Crippen LogP contribution in [-0.4, -0.2) is 62.1 Å². The number of ether oxygens (including phenoxy) is 2. The predicted molar refractivity (Wildman–Crippen MR) is 188 cm³/mol. The van der Waals surface area contributed by atoms with Crippen LogP contribution in [0.1, 0.15) is 73.6 Å². The third-order valence-corrected chi connectivity index (χ3v) is 7.79. The molecule has 13 nitrogen and oxygen atoms in total. The summed E-state index contributed by atoms with van der Waals surface area (Å²) in [4.78, 5) is 51.7. The highest BCUT2D eigenvalue weighted by Gasteiger charge is 2.30. The van der Waals surface area contributed by atoms with Crippen molar-refractivity contribution in [3.63, 3.8) is 0 Å². The summed E-state index contributed by atoms with van der Waals surface area (Å²) >= 11 is 2.24. The van der Waals surface area contributed by atoms with E-state index in [0.29, 0.717) is 31.5 Å². The smallest absolute Gasteiger partial charge is 0.329 e. The van der Waals surface area contributed by atoms with E-state index in [9.17, 15) is 27.6 Å². The summed E-state index contributed by atoms with van der Waals surface area (Å²) < 4.78 is 35.1. The average molecular weight is 788 g/mol. The van der Waals surface area contributed by atoms with Gasteiger partial charge in [-0.25, -0.2) is 27.9 Å². The molecule has 15 heteroatoms. The minimum atomic E-state index is -3.89. The molecule has 2 rings (SSSR count). The highest BCUT2D eigenvalue weighted by atomic mass is 127. The molecule has 47 heavy (non-hydrogen) atoms. The topological polar surface area (TPSA) is 195 Å². The maximum Gasteiger partial charge on any atom is 0.329 e. The molecule has 0 radical (unpaired) electrons. The fourth-order valence-corrected chi connectivity index (χ4v) is 5.19. The number of hydrogen-bond donors (Lipinski definition) is 5. The number of anilines is 2. The molecule has 0 fully saturated rings. The molecule has 0 aliphatic heterocycles. The molecule has 3 amide bonds. The minimum absolute atomic E-state index is 0.112. The van der Waals surface area contributed by atoms with Gasteiger partial charge in [0.1, 0.15) is 23.3 Å². The lowest BCUT2D eigenvalue weighted by molar-refractivity contribution is -0.157. The summed E-state index contributed by atoms with van der Waals surface area (Å²) in [5.74, 6) is -1.86. The third-order valence-electron chi connectivity index (χ3n) is 6.19. The molecule has 0 saturated heterocycles. The van der Waals surface area contributed by atoms with Crippen LogP contribution >= 0.6 is 22.6 Å². The Balaban J connectivity index is 2.05. The molecule has 2 aromatic rings. The first kappa shape index (κ1) is 39.7. The Morgan fingerprint density at radius 3 is 1.87 bits per heavy atom. The molecule has 2 aromatic carbocycles. The van der Waals surface area contributed by atoms with Crippen molar-refractivity contribution in [2.24, 2.45) is 5.14 Å². The number of benzene rings is 2. The molecular weight excluding hydrogens is 741 g/mol.